The SMILES string of the molecule is COC(=O)Nc1cc(Cl)c(NC(=O)OC)c(SC(C)=O)c1. The summed E-state index contributed by atoms with van der Waals surface area (Å²) in [5.74, 6) is 0. The van der Waals surface area contributed by atoms with Gasteiger partial charge in [-0.05, 0) is 23.9 Å². The molecule has 0 heterocycles. The molecule has 0 atom stereocenters. The molecule has 0 aromatic heterocycles. The van der Waals surface area contributed by atoms with E-state index in [1.165, 1.54) is 33.3 Å². The van der Waals surface area contributed by atoms with Gasteiger partial charge >= 0.3 is 12.2 Å². The van der Waals surface area contributed by atoms with Crippen molar-refractivity contribution in [3.63, 3.8) is 0 Å². The maximum Gasteiger partial charge on any atom is 0.411 e. The van der Waals surface area contributed by atoms with Gasteiger partial charge in [0.1, 0.15) is 0 Å². The van der Waals surface area contributed by atoms with Crippen molar-refractivity contribution in [1.82, 2.24) is 0 Å². The lowest BCUT2D eigenvalue weighted by Gasteiger charge is -2.13. The summed E-state index contributed by atoms with van der Waals surface area (Å²) in [6, 6.07) is 2.90. The summed E-state index contributed by atoms with van der Waals surface area (Å²) in [6.45, 7) is 1.36. The molecule has 0 aliphatic rings. The molecule has 1 rings (SSSR count). The van der Waals surface area contributed by atoms with Crippen molar-refractivity contribution in [1.29, 1.82) is 0 Å². The highest BCUT2D eigenvalue weighted by Crippen LogP contribution is 2.37. The van der Waals surface area contributed by atoms with Crippen LogP contribution in [-0.2, 0) is 14.3 Å². The van der Waals surface area contributed by atoms with Crippen molar-refractivity contribution in [2.75, 3.05) is 24.9 Å². The number of halogens is 1. The molecule has 0 saturated heterocycles. The standard InChI is InChI=1S/C12H13ClN2O5S/c1-6(16)21-9-5-7(14-11(17)19-2)4-8(13)10(9)15-12(18)20-3/h4-5H,1-3H3,(H,14,17)(H,15,18). The first-order chi connectivity index (χ1) is 9.87. The van der Waals surface area contributed by atoms with E-state index in [2.05, 4.69) is 20.1 Å². The molecule has 0 bridgehead atoms. The van der Waals surface area contributed by atoms with Crippen LogP contribution in [0.2, 0.25) is 5.02 Å². The monoisotopic (exact) mass is 332 g/mol. The molecule has 1 aromatic rings. The zero-order valence-corrected chi connectivity index (χ0v) is 13.1. The van der Waals surface area contributed by atoms with E-state index in [4.69, 9.17) is 11.6 Å². The number of hydrogen-bond donors (Lipinski definition) is 2. The first-order valence-electron chi connectivity index (χ1n) is 5.59. The summed E-state index contributed by atoms with van der Waals surface area (Å²) < 4.78 is 8.96. The third-order valence-electron chi connectivity index (χ3n) is 2.15. The highest BCUT2D eigenvalue weighted by atomic mass is 35.5. The fraction of sp³-hybridized carbons (Fsp3) is 0.250. The molecule has 114 valence electrons. The predicted octanol–water partition coefficient (Wildman–Crippen LogP) is 3.34. The minimum absolute atomic E-state index is 0.137. The zero-order chi connectivity index (χ0) is 16.0. The maximum absolute atomic E-state index is 11.3. The van der Waals surface area contributed by atoms with Gasteiger partial charge in [-0.15, -0.1) is 0 Å². The Bertz CT molecular complexity index is 579. The van der Waals surface area contributed by atoms with Gasteiger partial charge in [0.15, 0.2) is 5.12 Å². The Labute approximate surface area is 130 Å². The summed E-state index contributed by atoms with van der Waals surface area (Å²) >= 11 is 6.91. The number of methoxy groups -OCH3 is 2. The molecular formula is C12H13ClN2O5S. The maximum atomic E-state index is 11.3. The first kappa shape index (κ1) is 17.1. The van der Waals surface area contributed by atoms with Crippen LogP contribution in [0.4, 0.5) is 21.0 Å². The first-order valence-corrected chi connectivity index (χ1v) is 6.78. The third-order valence-corrected chi connectivity index (χ3v) is 3.28. The summed E-state index contributed by atoms with van der Waals surface area (Å²) in [5, 5.41) is 4.77. The van der Waals surface area contributed by atoms with Crippen LogP contribution in [0, 0.1) is 0 Å². The second-order valence-electron chi connectivity index (χ2n) is 3.66. The second-order valence-corrected chi connectivity index (χ2v) is 5.28. The number of thioether (sulfide) groups is 1. The molecule has 0 radical (unpaired) electrons. The molecule has 2 N–H and O–H groups in total. The number of benzene rings is 1. The Morgan fingerprint density at radius 2 is 1.67 bits per heavy atom. The van der Waals surface area contributed by atoms with Crippen molar-refractivity contribution in [3.05, 3.63) is 17.2 Å². The van der Waals surface area contributed by atoms with Gasteiger partial charge in [-0.2, -0.15) is 0 Å². The number of hydrogen-bond acceptors (Lipinski definition) is 6. The number of carbonyl (C=O) groups excluding carboxylic acids is 3. The van der Waals surface area contributed by atoms with Crippen molar-refractivity contribution in [2.24, 2.45) is 0 Å². The van der Waals surface area contributed by atoms with Crippen LogP contribution in [0.1, 0.15) is 6.92 Å². The quantitative estimate of drug-likeness (QED) is 0.824. The number of ether oxygens (including phenoxy) is 2. The van der Waals surface area contributed by atoms with Gasteiger partial charge in [0.2, 0.25) is 0 Å². The summed E-state index contributed by atoms with van der Waals surface area (Å²) in [4.78, 5) is 34.2. The van der Waals surface area contributed by atoms with Gasteiger partial charge in [-0.3, -0.25) is 15.4 Å². The molecule has 0 spiro atoms. The molecule has 2 amide bonds. The van der Waals surface area contributed by atoms with E-state index in [1.807, 2.05) is 0 Å². The van der Waals surface area contributed by atoms with Gasteiger partial charge in [0.05, 0.1) is 24.9 Å². The smallest absolute Gasteiger partial charge is 0.411 e. The van der Waals surface area contributed by atoms with E-state index in [9.17, 15) is 14.4 Å². The van der Waals surface area contributed by atoms with Crippen molar-refractivity contribution >= 4 is 52.0 Å². The minimum atomic E-state index is -0.726. The summed E-state index contributed by atoms with van der Waals surface area (Å²) in [5.41, 5.74) is 0.546. The van der Waals surface area contributed by atoms with Crippen LogP contribution in [0.5, 0.6) is 0 Å². The largest absolute Gasteiger partial charge is 0.453 e. The molecule has 0 aliphatic carbocycles. The molecule has 21 heavy (non-hydrogen) atoms. The molecule has 0 unspecified atom stereocenters. The van der Waals surface area contributed by atoms with E-state index in [0.717, 1.165) is 11.8 Å². The van der Waals surface area contributed by atoms with Crippen LogP contribution in [0.25, 0.3) is 0 Å². The fourth-order valence-corrected chi connectivity index (χ4v) is 2.41. The van der Waals surface area contributed by atoms with E-state index in [1.54, 1.807) is 0 Å². The molecule has 7 nitrogen and oxygen atoms in total. The zero-order valence-electron chi connectivity index (χ0n) is 11.5. The number of anilines is 2. The van der Waals surface area contributed by atoms with Crippen LogP contribution < -0.4 is 10.6 Å². The molecule has 0 aliphatic heterocycles. The lowest BCUT2D eigenvalue weighted by Crippen LogP contribution is -2.14. The number of carbonyl (C=O) groups is 3. The van der Waals surface area contributed by atoms with Gasteiger partial charge in [-0.25, -0.2) is 9.59 Å². The average molecular weight is 333 g/mol. The van der Waals surface area contributed by atoms with Gasteiger partial charge in [0.25, 0.3) is 0 Å². The highest BCUT2D eigenvalue weighted by Gasteiger charge is 2.16. The fourth-order valence-electron chi connectivity index (χ4n) is 1.33. The lowest BCUT2D eigenvalue weighted by atomic mass is 10.2. The summed E-state index contributed by atoms with van der Waals surface area (Å²) in [6.07, 6.45) is -1.41. The lowest BCUT2D eigenvalue weighted by molar-refractivity contribution is -0.109. The van der Waals surface area contributed by atoms with Crippen LogP contribution in [0.3, 0.4) is 0 Å². The van der Waals surface area contributed by atoms with Gasteiger partial charge in [0, 0.05) is 17.5 Å². The minimum Gasteiger partial charge on any atom is -0.453 e. The Balaban J connectivity index is 3.19. The normalized spacial score (nSPS) is 9.71. The Kier molecular flexibility index (Phi) is 6.32. The van der Waals surface area contributed by atoms with E-state index in [-0.39, 0.29) is 15.8 Å². The van der Waals surface area contributed by atoms with E-state index in [0.29, 0.717) is 10.6 Å². The number of rotatable bonds is 3. The Hall–Kier alpha value is -1.93. The van der Waals surface area contributed by atoms with Gasteiger partial charge in [-0.1, -0.05) is 11.6 Å². The predicted molar refractivity (Wildman–Crippen MR) is 80.0 cm³/mol. The Morgan fingerprint density at radius 3 is 2.19 bits per heavy atom. The van der Waals surface area contributed by atoms with Gasteiger partial charge < -0.3 is 9.47 Å². The van der Waals surface area contributed by atoms with E-state index < -0.39 is 12.2 Å². The molecule has 1 aromatic carbocycles. The van der Waals surface area contributed by atoms with Crippen LogP contribution >= 0.6 is 23.4 Å². The van der Waals surface area contributed by atoms with Crippen LogP contribution in [-0.4, -0.2) is 31.5 Å². The Morgan fingerprint density at radius 1 is 1.10 bits per heavy atom. The van der Waals surface area contributed by atoms with Crippen LogP contribution in [0.15, 0.2) is 17.0 Å². The molecular weight excluding hydrogens is 320 g/mol. The molecule has 0 fully saturated rings. The van der Waals surface area contributed by atoms with E-state index >= 15 is 0 Å². The van der Waals surface area contributed by atoms with Crippen molar-refractivity contribution in [2.45, 2.75) is 11.8 Å². The third kappa shape index (κ3) is 5.16. The highest BCUT2D eigenvalue weighted by molar-refractivity contribution is 8.13. The second kappa shape index (κ2) is 7.75. The molecule has 0 saturated carbocycles. The summed E-state index contributed by atoms with van der Waals surface area (Å²) in [7, 11) is 2.42. The number of amides is 2. The topological polar surface area (TPSA) is 93.7 Å². The molecule has 9 heteroatoms. The van der Waals surface area contributed by atoms with Crippen molar-refractivity contribution < 1.29 is 23.9 Å². The van der Waals surface area contributed by atoms with Crippen molar-refractivity contribution in [3.8, 4) is 0 Å². The average Bonchev–Trinajstić information content (AvgIpc) is 2.41. The number of nitrogens with one attached hydrogen (secondary N) is 2.